The maximum absolute atomic E-state index is 11.9. The van der Waals surface area contributed by atoms with Crippen LogP contribution in [0, 0.1) is 3.57 Å². The smallest absolute Gasteiger partial charge is 0.257 e. The van der Waals surface area contributed by atoms with Gasteiger partial charge in [-0.15, -0.1) is 0 Å². The van der Waals surface area contributed by atoms with Crippen LogP contribution in [0.1, 0.15) is 15.9 Å². The fourth-order valence-electron chi connectivity index (χ4n) is 1.78. The van der Waals surface area contributed by atoms with E-state index >= 15 is 0 Å². The number of carbonyl (C=O) groups excluding carboxylic acids is 1. The fraction of sp³-hybridized carbons (Fsp3) is 0.125. The van der Waals surface area contributed by atoms with Gasteiger partial charge in [-0.1, -0.05) is 30.3 Å². The number of nitrogens with one attached hydrogen (secondary N) is 2. The first-order valence-corrected chi connectivity index (χ1v) is 8.02. The minimum absolute atomic E-state index is 0.192. The largest absolute Gasteiger partial charge is 0.362 e. The first kappa shape index (κ1) is 15.9. The molecule has 0 aliphatic rings. The van der Waals surface area contributed by atoms with Gasteiger partial charge in [-0.25, -0.2) is 0 Å². The zero-order chi connectivity index (χ0) is 15.1. The van der Waals surface area contributed by atoms with Gasteiger partial charge in [-0.3, -0.25) is 10.1 Å². The quantitative estimate of drug-likeness (QED) is 0.601. The Bertz CT molecular complexity index is 614. The van der Waals surface area contributed by atoms with Crippen LogP contribution in [-0.2, 0) is 6.42 Å². The molecule has 0 aliphatic carbocycles. The molecule has 0 aromatic heterocycles. The molecule has 5 heteroatoms. The van der Waals surface area contributed by atoms with Crippen LogP contribution in [-0.4, -0.2) is 17.6 Å². The van der Waals surface area contributed by atoms with E-state index in [0.29, 0.717) is 17.2 Å². The average Bonchev–Trinajstić information content (AvgIpc) is 2.50. The Labute approximate surface area is 143 Å². The molecule has 0 unspecified atom stereocenters. The first-order chi connectivity index (χ1) is 10.1. The summed E-state index contributed by atoms with van der Waals surface area (Å²) in [4.78, 5) is 11.9. The first-order valence-electron chi connectivity index (χ1n) is 6.54. The van der Waals surface area contributed by atoms with Crippen LogP contribution in [0.3, 0.4) is 0 Å². The van der Waals surface area contributed by atoms with E-state index in [2.05, 4.69) is 57.5 Å². The third kappa shape index (κ3) is 5.43. The Kier molecular flexibility index (Phi) is 6.13. The van der Waals surface area contributed by atoms with Gasteiger partial charge in [-0.2, -0.15) is 0 Å². The number of benzene rings is 2. The van der Waals surface area contributed by atoms with Crippen molar-refractivity contribution in [3.05, 3.63) is 69.3 Å². The van der Waals surface area contributed by atoms with Gasteiger partial charge in [0.05, 0.1) is 0 Å². The molecule has 0 atom stereocenters. The van der Waals surface area contributed by atoms with Gasteiger partial charge < -0.3 is 5.32 Å². The van der Waals surface area contributed by atoms with E-state index in [1.54, 1.807) is 12.1 Å². The van der Waals surface area contributed by atoms with Gasteiger partial charge in [-0.05, 0) is 71.1 Å². The Morgan fingerprint density at radius 1 is 1.05 bits per heavy atom. The standard InChI is InChI=1S/C16H15IN2OS/c17-14-8-6-12(7-9-14)10-11-18-16(21)19-15(20)13-4-2-1-3-5-13/h1-9H,10-11H2,(H2,18,19,20,21). The normalized spacial score (nSPS) is 9.95. The summed E-state index contributed by atoms with van der Waals surface area (Å²) in [6.07, 6.45) is 0.859. The molecular weight excluding hydrogens is 395 g/mol. The highest BCUT2D eigenvalue weighted by Crippen LogP contribution is 2.06. The Hall–Kier alpha value is -1.47. The lowest BCUT2D eigenvalue weighted by Gasteiger charge is -2.09. The molecular formula is C16H15IN2OS. The number of hydrogen-bond acceptors (Lipinski definition) is 2. The molecule has 0 saturated carbocycles. The lowest BCUT2D eigenvalue weighted by atomic mass is 10.1. The van der Waals surface area contributed by atoms with Crippen molar-refractivity contribution in [2.75, 3.05) is 6.54 Å². The minimum Gasteiger partial charge on any atom is -0.362 e. The van der Waals surface area contributed by atoms with Crippen LogP contribution >= 0.6 is 34.8 Å². The van der Waals surface area contributed by atoms with Crippen molar-refractivity contribution in [2.45, 2.75) is 6.42 Å². The summed E-state index contributed by atoms with van der Waals surface area (Å²) in [7, 11) is 0. The van der Waals surface area contributed by atoms with E-state index in [1.165, 1.54) is 9.13 Å². The maximum Gasteiger partial charge on any atom is 0.257 e. The third-order valence-electron chi connectivity index (χ3n) is 2.88. The average molecular weight is 410 g/mol. The summed E-state index contributed by atoms with van der Waals surface area (Å²) in [5.41, 5.74) is 1.83. The van der Waals surface area contributed by atoms with Crippen molar-refractivity contribution in [1.29, 1.82) is 0 Å². The summed E-state index contributed by atoms with van der Waals surface area (Å²) >= 11 is 7.40. The lowest BCUT2D eigenvalue weighted by Crippen LogP contribution is -2.40. The number of rotatable bonds is 4. The second-order valence-electron chi connectivity index (χ2n) is 4.45. The van der Waals surface area contributed by atoms with Crippen LogP contribution in [0.5, 0.6) is 0 Å². The Morgan fingerprint density at radius 2 is 1.71 bits per heavy atom. The minimum atomic E-state index is -0.192. The SMILES string of the molecule is O=C(NC(=S)NCCc1ccc(I)cc1)c1ccccc1. The van der Waals surface area contributed by atoms with Crippen LogP contribution in [0.2, 0.25) is 0 Å². The second kappa shape index (κ2) is 8.09. The van der Waals surface area contributed by atoms with Gasteiger partial charge in [0.1, 0.15) is 0 Å². The molecule has 2 rings (SSSR count). The molecule has 21 heavy (non-hydrogen) atoms. The van der Waals surface area contributed by atoms with E-state index in [1.807, 2.05) is 18.2 Å². The van der Waals surface area contributed by atoms with Gasteiger partial charge in [0, 0.05) is 15.7 Å². The highest BCUT2D eigenvalue weighted by atomic mass is 127. The third-order valence-corrected chi connectivity index (χ3v) is 3.84. The zero-order valence-corrected chi connectivity index (χ0v) is 14.3. The maximum atomic E-state index is 11.9. The van der Waals surface area contributed by atoms with E-state index in [-0.39, 0.29) is 5.91 Å². The molecule has 2 N–H and O–H groups in total. The van der Waals surface area contributed by atoms with Crippen LogP contribution in [0.15, 0.2) is 54.6 Å². The van der Waals surface area contributed by atoms with Gasteiger partial charge in [0.15, 0.2) is 5.11 Å². The zero-order valence-electron chi connectivity index (χ0n) is 11.3. The molecule has 0 radical (unpaired) electrons. The molecule has 3 nitrogen and oxygen atoms in total. The number of carbonyl (C=O) groups is 1. The predicted octanol–water partition coefficient (Wildman–Crippen LogP) is 3.14. The molecule has 2 aromatic rings. The molecule has 1 amide bonds. The van der Waals surface area contributed by atoms with E-state index in [4.69, 9.17) is 12.2 Å². The van der Waals surface area contributed by atoms with Crippen LogP contribution < -0.4 is 10.6 Å². The van der Waals surface area contributed by atoms with Gasteiger partial charge >= 0.3 is 0 Å². The van der Waals surface area contributed by atoms with Crippen molar-refractivity contribution >= 4 is 45.8 Å². The molecule has 0 bridgehead atoms. The molecule has 108 valence electrons. The molecule has 0 spiro atoms. The van der Waals surface area contributed by atoms with Gasteiger partial charge in [0.25, 0.3) is 5.91 Å². The van der Waals surface area contributed by atoms with E-state index in [0.717, 1.165) is 6.42 Å². The number of amides is 1. The van der Waals surface area contributed by atoms with Gasteiger partial charge in [0.2, 0.25) is 0 Å². The summed E-state index contributed by atoms with van der Waals surface area (Å²) in [6.45, 7) is 0.689. The number of halogens is 1. The van der Waals surface area contributed by atoms with E-state index < -0.39 is 0 Å². The van der Waals surface area contributed by atoms with E-state index in [9.17, 15) is 4.79 Å². The second-order valence-corrected chi connectivity index (χ2v) is 6.11. The van der Waals surface area contributed by atoms with Crippen molar-refractivity contribution < 1.29 is 4.79 Å². The predicted molar refractivity (Wildman–Crippen MR) is 97.4 cm³/mol. The number of hydrogen-bond donors (Lipinski definition) is 2. The molecule has 0 heterocycles. The molecule has 2 aromatic carbocycles. The molecule has 0 saturated heterocycles. The van der Waals surface area contributed by atoms with Crippen molar-refractivity contribution in [3.63, 3.8) is 0 Å². The highest BCUT2D eigenvalue weighted by molar-refractivity contribution is 14.1. The monoisotopic (exact) mass is 410 g/mol. The Morgan fingerprint density at radius 3 is 2.38 bits per heavy atom. The fourth-order valence-corrected chi connectivity index (χ4v) is 2.33. The number of thiocarbonyl (C=S) groups is 1. The molecule has 0 fully saturated rings. The summed E-state index contributed by atoms with van der Waals surface area (Å²) in [5.74, 6) is -0.192. The van der Waals surface area contributed by atoms with Crippen LogP contribution in [0.25, 0.3) is 0 Å². The highest BCUT2D eigenvalue weighted by Gasteiger charge is 2.06. The lowest BCUT2D eigenvalue weighted by molar-refractivity contribution is 0.0976. The molecule has 0 aliphatic heterocycles. The Balaban J connectivity index is 1.75. The van der Waals surface area contributed by atoms with Crippen molar-refractivity contribution in [1.82, 2.24) is 10.6 Å². The van der Waals surface area contributed by atoms with Crippen LogP contribution in [0.4, 0.5) is 0 Å². The van der Waals surface area contributed by atoms with Crippen molar-refractivity contribution in [2.24, 2.45) is 0 Å². The summed E-state index contributed by atoms with van der Waals surface area (Å²) in [5, 5.41) is 6.07. The van der Waals surface area contributed by atoms with Crippen molar-refractivity contribution in [3.8, 4) is 0 Å². The summed E-state index contributed by atoms with van der Waals surface area (Å²) < 4.78 is 1.22. The summed E-state index contributed by atoms with van der Waals surface area (Å²) in [6, 6.07) is 17.4. The topological polar surface area (TPSA) is 41.1 Å².